The average Bonchev–Trinajstić information content (AvgIpc) is 2.14. The zero-order valence-corrected chi connectivity index (χ0v) is 10.3. The molecule has 0 aromatic heterocycles. The third-order valence-electron chi connectivity index (χ3n) is 1.78. The molecule has 0 heterocycles. The molecule has 0 saturated heterocycles. The van der Waals surface area contributed by atoms with Gasteiger partial charge in [0, 0.05) is 0 Å². The monoisotopic (exact) mass is 243 g/mol. The van der Waals surface area contributed by atoms with E-state index in [0.29, 0.717) is 0 Å². The average molecular weight is 244 g/mol. The lowest BCUT2D eigenvalue weighted by atomic mass is 10.1. The smallest absolute Gasteiger partial charge is 0.147 e. The number of nitrogens with one attached hydrogen (secondary N) is 1. The fourth-order valence-electron chi connectivity index (χ4n) is 1.22. The van der Waals surface area contributed by atoms with Crippen LogP contribution in [-0.2, 0) is 0 Å². The molecule has 0 saturated carbocycles. The second-order valence-corrected chi connectivity index (χ2v) is 4.78. The van der Waals surface area contributed by atoms with Gasteiger partial charge in [0.15, 0.2) is 0 Å². The van der Waals surface area contributed by atoms with Crippen molar-refractivity contribution in [2.45, 2.75) is 26.3 Å². The van der Waals surface area contributed by atoms with Crippen LogP contribution < -0.4 is 11.3 Å². The summed E-state index contributed by atoms with van der Waals surface area (Å²) < 4.78 is 13.6. The first-order valence-corrected chi connectivity index (χ1v) is 5.24. The maximum Gasteiger partial charge on any atom is 0.147 e. The number of aliphatic imine (C=N–C) groups is 1. The number of rotatable bonds is 1. The van der Waals surface area contributed by atoms with E-state index in [-0.39, 0.29) is 22.0 Å². The van der Waals surface area contributed by atoms with Gasteiger partial charge in [-0.05, 0) is 32.9 Å². The van der Waals surface area contributed by atoms with Crippen molar-refractivity contribution in [3.63, 3.8) is 0 Å². The molecular weight excluding hydrogens is 229 g/mol. The number of hydrogen-bond donors (Lipinski definition) is 2. The van der Waals surface area contributed by atoms with Crippen molar-refractivity contribution in [1.29, 1.82) is 0 Å². The van der Waals surface area contributed by atoms with Crippen molar-refractivity contribution in [2.24, 2.45) is 10.8 Å². The molecule has 1 rings (SSSR count). The van der Waals surface area contributed by atoms with Gasteiger partial charge in [0.05, 0.1) is 16.1 Å². The quantitative estimate of drug-likeness (QED) is 0.345. The summed E-state index contributed by atoms with van der Waals surface area (Å²) in [4.78, 5) is 4.28. The SMILES string of the molecule is CC(C)(C)N=C(NN)c1c(F)cccc1Cl. The first-order chi connectivity index (χ1) is 7.35. The minimum Gasteiger partial charge on any atom is -0.308 e. The number of hydrogen-bond acceptors (Lipinski definition) is 2. The predicted molar refractivity (Wildman–Crippen MR) is 65.0 cm³/mol. The fraction of sp³-hybridized carbons (Fsp3) is 0.364. The Labute approximate surface area is 99.5 Å². The molecule has 0 atom stereocenters. The molecule has 16 heavy (non-hydrogen) atoms. The number of nitrogens with two attached hydrogens (primary N) is 1. The molecular formula is C11H15ClFN3. The van der Waals surface area contributed by atoms with E-state index in [1.807, 2.05) is 20.8 Å². The van der Waals surface area contributed by atoms with E-state index in [1.165, 1.54) is 12.1 Å². The number of hydrazine groups is 1. The Balaban J connectivity index is 3.30. The van der Waals surface area contributed by atoms with Crippen LogP contribution in [0.3, 0.4) is 0 Å². The van der Waals surface area contributed by atoms with Crippen molar-refractivity contribution < 1.29 is 4.39 Å². The lowest BCUT2D eigenvalue weighted by Crippen LogP contribution is -2.34. The topological polar surface area (TPSA) is 50.4 Å². The van der Waals surface area contributed by atoms with Gasteiger partial charge in [-0.25, -0.2) is 10.2 Å². The summed E-state index contributed by atoms with van der Waals surface area (Å²) in [6.45, 7) is 5.66. The molecule has 5 heteroatoms. The van der Waals surface area contributed by atoms with Crippen LogP contribution in [0.15, 0.2) is 23.2 Å². The van der Waals surface area contributed by atoms with Crippen LogP contribution in [0.4, 0.5) is 4.39 Å². The Hall–Kier alpha value is -1.13. The highest BCUT2D eigenvalue weighted by Gasteiger charge is 2.16. The minimum absolute atomic E-state index is 0.196. The Bertz CT molecular complexity index is 390. The molecule has 1 aromatic carbocycles. The second kappa shape index (κ2) is 4.80. The molecule has 0 bridgehead atoms. The van der Waals surface area contributed by atoms with Crippen LogP contribution in [0.5, 0.6) is 0 Å². The van der Waals surface area contributed by atoms with Gasteiger partial charge in [-0.1, -0.05) is 17.7 Å². The van der Waals surface area contributed by atoms with Gasteiger partial charge >= 0.3 is 0 Å². The van der Waals surface area contributed by atoms with Gasteiger partial charge in [-0.15, -0.1) is 0 Å². The normalized spacial score (nSPS) is 12.8. The lowest BCUT2D eigenvalue weighted by molar-refractivity contribution is 0.577. The van der Waals surface area contributed by atoms with Gasteiger partial charge in [0.2, 0.25) is 0 Å². The van der Waals surface area contributed by atoms with Gasteiger partial charge in [-0.3, -0.25) is 4.99 Å². The Morgan fingerprint density at radius 1 is 1.44 bits per heavy atom. The van der Waals surface area contributed by atoms with Crippen molar-refractivity contribution in [3.05, 3.63) is 34.6 Å². The molecule has 1 aromatic rings. The standard InChI is InChI=1S/C11H15ClFN3/c1-11(2,3)15-10(16-14)9-7(12)5-4-6-8(9)13/h4-6H,14H2,1-3H3,(H,15,16). The molecule has 0 fully saturated rings. The zero-order chi connectivity index (χ0) is 12.3. The highest BCUT2D eigenvalue weighted by atomic mass is 35.5. The molecule has 0 radical (unpaired) electrons. The van der Waals surface area contributed by atoms with E-state index in [4.69, 9.17) is 17.4 Å². The van der Waals surface area contributed by atoms with Crippen LogP contribution in [0, 0.1) is 5.82 Å². The maximum absolute atomic E-state index is 13.6. The first kappa shape index (κ1) is 12.9. The van der Waals surface area contributed by atoms with Gasteiger partial charge in [0.1, 0.15) is 11.7 Å². The molecule has 3 N–H and O–H groups in total. The largest absolute Gasteiger partial charge is 0.308 e. The molecule has 88 valence electrons. The van der Waals surface area contributed by atoms with Crippen LogP contribution in [-0.4, -0.2) is 11.4 Å². The summed E-state index contributed by atoms with van der Waals surface area (Å²) in [5.41, 5.74) is 2.21. The van der Waals surface area contributed by atoms with Crippen molar-refractivity contribution in [2.75, 3.05) is 0 Å². The minimum atomic E-state index is -0.451. The highest BCUT2D eigenvalue weighted by Crippen LogP contribution is 2.20. The fourth-order valence-corrected chi connectivity index (χ4v) is 1.47. The Morgan fingerprint density at radius 2 is 2.06 bits per heavy atom. The number of benzene rings is 1. The van der Waals surface area contributed by atoms with E-state index < -0.39 is 5.82 Å². The summed E-state index contributed by atoms with van der Waals surface area (Å²) in [5.74, 6) is 5.14. The summed E-state index contributed by atoms with van der Waals surface area (Å²) in [6.07, 6.45) is 0. The molecule has 0 aliphatic rings. The third-order valence-corrected chi connectivity index (χ3v) is 2.10. The number of nitrogens with zero attached hydrogens (tertiary/aromatic N) is 1. The molecule has 0 spiro atoms. The van der Waals surface area contributed by atoms with Gasteiger partial charge < -0.3 is 5.43 Å². The molecule has 0 amide bonds. The summed E-state index contributed by atoms with van der Waals surface area (Å²) in [5, 5.41) is 0.279. The Morgan fingerprint density at radius 3 is 2.50 bits per heavy atom. The lowest BCUT2D eigenvalue weighted by Gasteiger charge is -2.16. The predicted octanol–water partition coefficient (Wildman–Crippen LogP) is 2.49. The highest BCUT2D eigenvalue weighted by molar-refractivity contribution is 6.34. The van der Waals surface area contributed by atoms with E-state index in [9.17, 15) is 4.39 Å². The number of halogens is 2. The van der Waals surface area contributed by atoms with Crippen LogP contribution in [0.1, 0.15) is 26.3 Å². The summed E-state index contributed by atoms with van der Waals surface area (Å²) in [6, 6.07) is 4.44. The zero-order valence-electron chi connectivity index (χ0n) is 9.51. The maximum atomic E-state index is 13.6. The first-order valence-electron chi connectivity index (χ1n) is 4.86. The second-order valence-electron chi connectivity index (χ2n) is 4.37. The van der Waals surface area contributed by atoms with Crippen LogP contribution in [0.25, 0.3) is 0 Å². The van der Waals surface area contributed by atoms with Crippen LogP contribution in [0.2, 0.25) is 5.02 Å². The van der Waals surface area contributed by atoms with Crippen LogP contribution >= 0.6 is 11.6 Å². The molecule has 3 nitrogen and oxygen atoms in total. The third kappa shape index (κ3) is 3.18. The molecule has 0 unspecified atom stereocenters. The van der Waals surface area contributed by atoms with E-state index >= 15 is 0 Å². The Kier molecular flexibility index (Phi) is 3.88. The van der Waals surface area contributed by atoms with Gasteiger partial charge in [0.25, 0.3) is 0 Å². The summed E-state index contributed by atoms with van der Waals surface area (Å²) >= 11 is 5.92. The van der Waals surface area contributed by atoms with Crippen molar-refractivity contribution >= 4 is 17.4 Å². The van der Waals surface area contributed by atoms with E-state index in [1.54, 1.807) is 6.07 Å². The van der Waals surface area contributed by atoms with Crippen molar-refractivity contribution in [1.82, 2.24) is 5.43 Å². The molecule has 0 aliphatic carbocycles. The van der Waals surface area contributed by atoms with Gasteiger partial charge in [-0.2, -0.15) is 0 Å². The van der Waals surface area contributed by atoms with Crippen molar-refractivity contribution in [3.8, 4) is 0 Å². The summed E-state index contributed by atoms with van der Waals surface area (Å²) in [7, 11) is 0. The number of amidine groups is 1. The van der Waals surface area contributed by atoms with E-state index in [0.717, 1.165) is 0 Å². The van der Waals surface area contributed by atoms with E-state index in [2.05, 4.69) is 10.4 Å². The molecule has 0 aliphatic heterocycles.